The van der Waals surface area contributed by atoms with Gasteiger partial charge in [-0.25, -0.2) is 4.79 Å². The van der Waals surface area contributed by atoms with Gasteiger partial charge in [0.15, 0.2) is 11.4 Å². The van der Waals surface area contributed by atoms with Gasteiger partial charge in [0.1, 0.15) is 6.04 Å². The van der Waals surface area contributed by atoms with E-state index in [0.29, 0.717) is 6.54 Å². The minimum atomic E-state index is -4.75. The quantitative estimate of drug-likeness (QED) is 0.769. The van der Waals surface area contributed by atoms with Gasteiger partial charge < -0.3 is 10.1 Å². The molecule has 0 bridgehead atoms. The number of nitrogens with zero attached hydrogens (tertiary/aromatic N) is 4. The van der Waals surface area contributed by atoms with E-state index in [9.17, 15) is 22.8 Å². The maximum atomic E-state index is 13.0. The Kier molecular flexibility index (Phi) is 5.83. The Bertz CT molecular complexity index is 875. The predicted molar refractivity (Wildman–Crippen MR) is 89.6 cm³/mol. The van der Waals surface area contributed by atoms with Gasteiger partial charge >= 0.3 is 12.1 Å². The van der Waals surface area contributed by atoms with E-state index in [4.69, 9.17) is 11.6 Å². The van der Waals surface area contributed by atoms with Crippen LogP contribution in [0.3, 0.4) is 0 Å². The molecule has 1 N–H and O–H groups in total. The molecular weight excluding hydrogens is 391 g/mol. The Morgan fingerprint density at radius 1 is 1.37 bits per heavy atom. The van der Waals surface area contributed by atoms with Gasteiger partial charge in [-0.3, -0.25) is 14.2 Å². The lowest BCUT2D eigenvalue weighted by molar-refractivity contribution is -0.141. The molecule has 0 radical (unpaired) electrons. The van der Waals surface area contributed by atoms with Crippen molar-refractivity contribution in [2.45, 2.75) is 39.5 Å². The van der Waals surface area contributed by atoms with Gasteiger partial charge in [-0.2, -0.15) is 23.4 Å². The van der Waals surface area contributed by atoms with Crippen LogP contribution in [-0.4, -0.2) is 38.5 Å². The summed E-state index contributed by atoms with van der Waals surface area (Å²) < 4.78 is 45.8. The van der Waals surface area contributed by atoms with Crippen LogP contribution in [0.15, 0.2) is 6.20 Å². The first-order valence-corrected chi connectivity index (χ1v) is 8.17. The molecule has 0 saturated heterocycles. The van der Waals surface area contributed by atoms with Crippen molar-refractivity contribution in [2.75, 3.05) is 12.4 Å². The molecule has 148 valence electrons. The molecule has 2 aromatic heterocycles. The van der Waals surface area contributed by atoms with Gasteiger partial charge in [0.2, 0.25) is 5.91 Å². The normalized spacial score (nSPS) is 12.7. The number of ether oxygens (including phenoxy) is 1. The van der Waals surface area contributed by atoms with Gasteiger partial charge in [0, 0.05) is 12.7 Å². The fourth-order valence-corrected chi connectivity index (χ4v) is 2.56. The third-order valence-electron chi connectivity index (χ3n) is 3.81. The first-order valence-electron chi connectivity index (χ1n) is 7.79. The summed E-state index contributed by atoms with van der Waals surface area (Å²) in [6.07, 6.45) is -3.33. The van der Waals surface area contributed by atoms with Gasteiger partial charge in [0.25, 0.3) is 0 Å². The number of alkyl halides is 3. The molecule has 27 heavy (non-hydrogen) atoms. The van der Waals surface area contributed by atoms with Crippen molar-refractivity contribution in [1.29, 1.82) is 0 Å². The average Bonchev–Trinajstić information content (AvgIpc) is 3.15. The van der Waals surface area contributed by atoms with E-state index in [1.54, 1.807) is 6.92 Å². The van der Waals surface area contributed by atoms with Crippen molar-refractivity contribution >= 4 is 29.2 Å². The molecule has 2 heterocycles. The standard InChI is InChI=1S/C15H17ClF3N5O3/c1-5-23-6-9(11(21-23)14(26)27-4)20-13(25)8(3)24-7(2)10(16)12(22-24)15(17,18)19/h6,8H,5H2,1-4H3,(H,20,25). The van der Waals surface area contributed by atoms with Crippen molar-refractivity contribution in [3.05, 3.63) is 28.3 Å². The zero-order valence-electron chi connectivity index (χ0n) is 14.9. The Balaban J connectivity index is 2.32. The summed E-state index contributed by atoms with van der Waals surface area (Å²) in [7, 11) is 1.16. The summed E-state index contributed by atoms with van der Waals surface area (Å²) in [6, 6.07) is -1.13. The summed E-state index contributed by atoms with van der Waals surface area (Å²) in [4.78, 5) is 24.3. The molecule has 0 fully saturated rings. The predicted octanol–water partition coefficient (Wildman–Crippen LogP) is 3.07. The summed E-state index contributed by atoms with van der Waals surface area (Å²) in [5.41, 5.74) is -1.32. The highest BCUT2D eigenvalue weighted by molar-refractivity contribution is 6.32. The van der Waals surface area contributed by atoms with Crippen molar-refractivity contribution < 1.29 is 27.5 Å². The topological polar surface area (TPSA) is 91.0 Å². The third kappa shape index (κ3) is 4.07. The number of rotatable bonds is 5. The molecule has 2 aromatic rings. The fourth-order valence-electron chi connectivity index (χ4n) is 2.33. The number of carbonyl (C=O) groups excluding carboxylic acids is 2. The molecule has 1 atom stereocenters. The number of hydrogen-bond donors (Lipinski definition) is 1. The van der Waals surface area contributed by atoms with Gasteiger partial charge in [-0.05, 0) is 20.8 Å². The van der Waals surface area contributed by atoms with E-state index in [2.05, 4.69) is 20.3 Å². The Labute approximate surface area is 157 Å². The SMILES string of the molecule is CCn1cc(NC(=O)C(C)n2nc(C(F)(F)F)c(Cl)c2C)c(C(=O)OC)n1. The number of aromatic nitrogens is 4. The highest BCUT2D eigenvalue weighted by Gasteiger charge is 2.39. The lowest BCUT2D eigenvalue weighted by atomic mass is 10.2. The third-order valence-corrected chi connectivity index (χ3v) is 4.27. The number of halogens is 4. The van der Waals surface area contributed by atoms with Crippen LogP contribution in [0.5, 0.6) is 0 Å². The van der Waals surface area contributed by atoms with E-state index in [1.165, 1.54) is 24.7 Å². The van der Waals surface area contributed by atoms with Crippen LogP contribution >= 0.6 is 11.6 Å². The molecule has 8 nitrogen and oxygen atoms in total. The number of aryl methyl sites for hydroxylation is 1. The number of carbonyl (C=O) groups is 2. The molecule has 0 aromatic carbocycles. The zero-order chi connectivity index (χ0) is 20.5. The first kappa shape index (κ1) is 20.7. The lowest BCUT2D eigenvalue weighted by Crippen LogP contribution is -2.26. The van der Waals surface area contributed by atoms with E-state index < -0.39 is 34.8 Å². The maximum Gasteiger partial charge on any atom is 0.436 e. The Morgan fingerprint density at radius 3 is 2.48 bits per heavy atom. The monoisotopic (exact) mass is 407 g/mol. The van der Waals surface area contributed by atoms with Crippen LogP contribution in [0.2, 0.25) is 5.02 Å². The highest BCUT2D eigenvalue weighted by Crippen LogP contribution is 2.36. The number of hydrogen-bond acceptors (Lipinski definition) is 5. The summed E-state index contributed by atoms with van der Waals surface area (Å²) in [5, 5.41) is 9.30. The largest absolute Gasteiger partial charge is 0.464 e. The number of esters is 1. The average molecular weight is 408 g/mol. The van der Waals surface area contributed by atoms with Crippen LogP contribution in [-0.2, 0) is 22.3 Å². The highest BCUT2D eigenvalue weighted by atomic mass is 35.5. The maximum absolute atomic E-state index is 13.0. The van der Waals surface area contributed by atoms with Crippen LogP contribution < -0.4 is 5.32 Å². The number of nitrogens with one attached hydrogen (secondary N) is 1. The molecule has 12 heteroatoms. The molecule has 1 unspecified atom stereocenters. The second-order valence-corrected chi connectivity index (χ2v) is 5.97. The summed E-state index contributed by atoms with van der Waals surface area (Å²) in [5.74, 6) is -1.46. The second-order valence-electron chi connectivity index (χ2n) is 5.59. The van der Waals surface area contributed by atoms with Gasteiger partial charge in [-0.15, -0.1) is 0 Å². The Hall–Kier alpha value is -2.56. The van der Waals surface area contributed by atoms with Crippen LogP contribution in [0.4, 0.5) is 18.9 Å². The zero-order valence-corrected chi connectivity index (χ0v) is 15.6. The molecule has 1 amide bonds. The number of methoxy groups -OCH3 is 1. The summed E-state index contributed by atoms with van der Waals surface area (Å²) in [6.45, 7) is 4.88. The van der Waals surface area contributed by atoms with Crippen molar-refractivity contribution in [3.8, 4) is 0 Å². The number of amides is 1. The lowest BCUT2D eigenvalue weighted by Gasteiger charge is -2.14. The van der Waals surface area contributed by atoms with Crippen LogP contribution in [0.25, 0.3) is 0 Å². The molecule has 0 spiro atoms. The summed E-state index contributed by atoms with van der Waals surface area (Å²) >= 11 is 5.71. The van der Waals surface area contributed by atoms with Crippen LogP contribution in [0.1, 0.15) is 41.8 Å². The van der Waals surface area contributed by atoms with Gasteiger partial charge in [-0.1, -0.05) is 11.6 Å². The van der Waals surface area contributed by atoms with E-state index >= 15 is 0 Å². The minimum absolute atomic E-state index is 0.0101. The fraction of sp³-hybridized carbons (Fsp3) is 0.467. The molecule has 0 aliphatic carbocycles. The molecular formula is C15H17ClF3N5O3. The van der Waals surface area contributed by atoms with E-state index in [1.807, 2.05) is 0 Å². The van der Waals surface area contributed by atoms with E-state index in [-0.39, 0.29) is 17.1 Å². The van der Waals surface area contributed by atoms with Gasteiger partial charge in [0.05, 0.1) is 23.5 Å². The smallest absolute Gasteiger partial charge is 0.436 e. The van der Waals surface area contributed by atoms with E-state index in [0.717, 1.165) is 11.8 Å². The molecule has 0 aliphatic heterocycles. The number of anilines is 1. The molecule has 0 saturated carbocycles. The minimum Gasteiger partial charge on any atom is -0.464 e. The second kappa shape index (κ2) is 7.59. The first-order chi connectivity index (χ1) is 12.5. The van der Waals surface area contributed by atoms with Crippen molar-refractivity contribution in [1.82, 2.24) is 19.6 Å². The molecule has 0 aliphatic rings. The Morgan fingerprint density at radius 2 is 2.00 bits per heavy atom. The van der Waals surface area contributed by atoms with Crippen molar-refractivity contribution in [2.24, 2.45) is 0 Å². The molecule has 2 rings (SSSR count). The van der Waals surface area contributed by atoms with Crippen molar-refractivity contribution in [3.63, 3.8) is 0 Å². The van der Waals surface area contributed by atoms with Crippen LogP contribution in [0, 0.1) is 6.92 Å².